The van der Waals surface area contributed by atoms with Gasteiger partial charge in [-0.05, 0) is 42.0 Å². The van der Waals surface area contributed by atoms with Gasteiger partial charge < -0.3 is 5.73 Å². The van der Waals surface area contributed by atoms with E-state index in [4.69, 9.17) is 5.73 Å². The zero-order chi connectivity index (χ0) is 11.4. The Kier molecular flexibility index (Phi) is 3.70. The van der Waals surface area contributed by atoms with Crippen LogP contribution in [-0.4, -0.2) is 0 Å². The third-order valence-corrected chi connectivity index (χ3v) is 3.57. The number of rotatable bonds is 4. The Hall–Kier alpha value is -1.19. The van der Waals surface area contributed by atoms with Crippen LogP contribution in [0.2, 0.25) is 0 Å². The Morgan fingerprint density at radius 3 is 2.56 bits per heavy atom. The average Bonchev–Trinajstić information content (AvgIpc) is 2.81. The molecular formula is C13H14FNS. The Labute approximate surface area is 98.7 Å². The van der Waals surface area contributed by atoms with Gasteiger partial charge in [0, 0.05) is 10.9 Å². The Morgan fingerprint density at radius 1 is 1.19 bits per heavy atom. The average molecular weight is 235 g/mol. The second-order valence-corrected chi connectivity index (χ2v) is 4.77. The standard InChI is InChI=1S/C13H14FNS/c14-11-6-3-10(4-7-11)5-8-12(15)13-2-1-9-16-13/h1-4,6-7,9,12H,5,8,15H2. The lowest BCUT2D eigenvalue weighted by Crippen LogP contribution is -2.09. The molecule has 0 saturated heterocycles. The topological polar surface area (TPSA) is 26.0 Å². The summed E-state index contributed by atoms with van der Waals surface area (Å²) in [6.07, 6.45) is 1.78. The summed E-state index contributed by atoms with van der Waals surface area (Å²) in [5.74, 6) is -0.189. The molecule has 84 valence electrons. The fourth-order valence-corrected chi connectivity index (χ4v) is 2.38. The molecule has 2 aromatic rings. The number of hydrogen-bond donors (Lipinski definition) is 1. The molecule has 0 bridgehead atoms. The van der Waals surface area contributed by atoms with Gasteiger partial charge in [0.15, 0.2) is 0 Å². The highest BCUT2D eigenvalue weighted by atomic mass is 32.1. The van der Waals surface area contributed by atoms with Crippen molar-refractivity contribution in [3.8, 4) is 0 Å². The lowest BCUT2D eigenvalue weighted by atomic mass is 10.0. The van der Waals surface area contributed by atoms with Crippen molar-refractivity contribution in [2.75, 3.05) is 0 Å². The van der Waals surface area contributed by atoms with Gasteiger partial charge in [0.25, 0.3) is 0 Å². The van der Waals surface area contributed by atoms with Gasteiger partial charge in [0.2, 0.25) is 0 Å². The van der Waals surface area contributed by atoms with Crippen molar-refractivity contribution in [1.29, 1.82) is 0 Å². The lowest BCUT2D eigenvalue weighted by Gasteiger charge is -2.09. The molecule has 1 nitrogen and oxygen atoms in total. The van der Waals surface area contributed by atoms with Crippen LogP contribution in [0.15, 0.2) is 41.8 Å². The molecule has 0 aliphatic rings. The van der Waals surface area contributed by atoms with E-state index in [-0.39, 0.29) is 11.9 Å². The van der Waals surface area contributed by atoms with E-state index >= 15 is 0 Å². The summed E-state index contributed by atoms with van der Waals surface area (Å²) in [5, 5.41) is 2.03. The van der Waals surface area contributed by atoms with Crippen molar-refractivity contribution >= 4 is 11.3 Å². The summed E-state index contributed by atoms with van der Waals surface area (Å²) < 4.78 is 12.7. The number of hydrogen-bond acceptors (Lipinski definition) is 2. The molecular weight excluding hydrogens is 221 g/mol. The summed E-state index contributed by atoms with van der Waals surface area (Å²) >= 11 is 1.68. The predicted octanol–water partition coefficient (Wildman–Crippen LogP) is 3.52. The molecule has 2 N–H and O–H groups in total. The summed E-state index contributed by atoms with van der Waals surface area (Å²) in [6.45, 7) is 0. The van der Waals surface area contributed by atoms with Crippen molar-refractivity contribution in [3.05, 3.63) is 58.0 Å². The second-order valence-electron chi connectivity index (χ2n) is 3.79. The first-order valence-corrected chi connectivity index (χ1v) is 6.17. The molecule has 0 spiro atoms. The summed E-state index contributed by atoms with van der Waals surface area (Å²) in [4.78, 5) is 1.21. The van der Waals surface area contributed by atoms with Crippen molar-refractivity contribution in [2.24, 2.45) is 5.73 Å². The highest BCUT2D eigenvalue weighted by Crippen LogP contribution is 2.21. The van der Waals surface area contributed by atoms with Gasteiger partial charge >= 0.3 is 0 Å². The first-order valence-electron chi connectivity index (χ1n) is 5.29. The van der Waals surface area contributed by atoms with E-state index in [1.165, 1.54) is 17.0 Å². The molecule has 0 saturated carbocycles. The van der Waals surface area contributed by atoms with Gasteiger partial charge in [-0.2, -0.15) is 0 Å². The first-order chi connectivity index (χ1) is 7.75. The fourth-order valence-electron chi connectivity index (χ4n) is 1.62. The predicted molar refractivity (Wildman–Crippen MR) is 66.0 cm³/mol. The Balaban J connectivity index is 1.90. The molecule has 1 atom stereocenters. The molecule has 0 fully saturated rings. The van der Waals surface area contributed by atoms with Crippen molar-refractivity contribution in [1.82, 2.24) is 0 Å². The fraction of sp³-hybridized carbons (Fsp3) is 0.231. The zero-order valence-electron chi connectivity index (χ0n) is 8.90. The van der Waals surface area contributed by atoms with Gasteiger partial charge in [-0.1, -0.05) is 18.2 Å². The minimum Gasteiger partial charge on any atom is -0.323 e. The maximum atomic E-state index is 12.7. The molecule has 2 rings (SSSR count). The van der Waals surface area contributed by atoms with Crippen LogP contribution in [0.3, 0.4) is 0 Å². The highest BCUT2D eigenvalue weighted by molar-refractivity contribution is 7.10. The number of nitrogens with two attached hydrogens (primary N) is 1. The van der Waals surface area contributed by atoms with Crippen molar-refractivity contribution in [3.63, 3.8) is 0 Å². The largest absolute Gasteiger partial charge is 0.323 e. The second kappa shape index (κ2) is 5.23. The Morgan fingerprint density at radius 2 is 1.94 bits per heavy atom. The SMILES string of the molecule is NC(CCc1ccc(F)cc1)c1cccs1. The van der Waals surface area contributed by atoms with E-state index in [1.54, 1.807) is 11.3 Å². The van der Waals surface area contributed by atoms with Gasteiger partial charge in [-0.3, -0.25) is 0 Å². The molecule has 0 amide bonds. The normalized spacial score (nSPS) is 12.6. The molecule has 0 radical (unpaired) electrons. The first kappa shape index (κ1) is 11.3. The van der Waals surface area contributed by atoms with E-state index in [9.17, 15) is 4.39 Å². The smallest absolute Gasteiger partial charge is 0.123 e. The summed E-state index contributed by atoms with van der Waals surface area (Å²) in [5.41, 5.74) is 7.19. The van der Waals surface area contributed by atoms with Crippen molar-refractivity contribution < 1.29 is 4.39 Å². The van der Waals surface area contributed by atoms with Crippen LogP contribution in [0.1, 0.15) is 22.9 Å². The van der Waals surface area contributed by atoms with E-state index in [2.05, 4.69) is 6.07 Å². The summed E-state index contributed by atoms with van der Waals surface area (Å²) in [7, 11) is 0. The van der Waals surface area contributed by atoms with Crippen molar-refractivity contribution in [2.45, 2.75) is 18.9 Å². The van der Waals surface area contributed by atoms with Crippen LogP contribution >= 0.6 is 11.3 Å². The molecule has 1 aromatic carbocycles. The zero-order valence-corrected chi connectivity index (χ0v) is 9.71. The molecule has 0 aliphatic carbocycles. The molecule has 1 aromatic heterocycles. The van der Waals surface area contributed by atoms with Crippen LogP contribution in [0.4, 0.5) is 4.39 Å². The number of halogens is 1. The van der Waals surface area contributed by atoms with E-state index < -0.39 is 0 Å². The number of thiophene rings is 1. The minimum absolute atomic E-state index is 0.0880. The van der Waals surface area contributed by atoms with Crippen LogP contribution in [0.25, 0.3) is 0 Å². The number of aryl methyl sites for hydroxylation is 1. The van der Waals surface area contributed by atoms with Crippen LogP contribution in [0.5, 0.6) is 0 Å². The maximum Gasteiger partial charge on any atom is 0.123 e. The van der Waals surface area contributed by atoms with Crippen LogP contribution in [-0.2, 0) is 6.42 Å². The molecule has 0 aliphatic heterocycles. The maximum absolute atomic E-state index is 12.7. The van der Waals surface area contributed by atoms with Crippen LogP contribution in [0, 0.1) is 5.82 Å². The third-order valence-electron chi connectivity index (χ3n) is 2.57. The van der Waals surface area contributed by atoms with Gasteiger partial charge in [-0.15, -0.1) is 11.3 Å². The lowest BCUT2D eigenvalue weighted by molar-refractivity contribution is 0.624. The molecule has 3 heteroatoms. The molecule has 1 unspecified atom stereocenters. The van der Waals surface area contributed by atoms with Gasteiger partial charge in [0.1, 0.15) is 5.82 Å². The highest BCUT2D eigenvalue weighted by Gasteiger charge is 2.06. The quantitative estimate of drug-likeness (QED) is 0.862. The number of benzene rings is 1. The van der Waals surface area contributed by atoms with E-state index in [0.29, 0.717) is 0 Å². The monoisotopic (exact) mass is 235 g/mol. The van der Waals surface area contributed by atoms with E-state index in [1.807, 2.05) is 23.6 Å². The minimum atomic E-state index is -0.189. The Bertz CT molecular complexity index is 422. The summed E-state index contributed by atoms with van der Waals surface area (Å²) in [6, 6.07) is 10.8. The molecule has 1 heterocycles. The van der Waals surface area contributed by atoms with E-state index in [0.717, 1.165) is 18.4 Å². The van der Waals surface area contributed by atoms with Crippen LogP contribution < -0.4 is 5.73 Å². The molecule has 16 heavy (non-hydrogen) atoms. The van der Waals surface area contributed by atoms with Gasteiger partial charge in [-0.25, -0.2) is 4.39 Å². The van der Waals surface area contributed by atoms with Gasteiger partial charge in [0.05, 0.1) is 0 Å². The third kappa shape index (κ3) is 2.90.